The summed E-state index contributed by atoms with van der Waals surface area (Å²) in [5, 5.41) is 4.90. The standard InChI is InChI=1S/C29H33ClN2O3/c1-34-23-9-6-20-16-24-29(31-14-11-18-4-7-21(30)8-5-18)12-10-22(33)27-28(29,25(20)26(23)35-27)13-15-32(24)17-19-2-3-19/h4-9,19,24,27,31H,2-3,10-17H2,1H3/t24-,27+,28+,29-/m1/s1. The molecule has 184 valence electrons. The third kappa shape index (κ3) is 3.11. The fraction of sp³-hybridized carbons (Fsp3) is 0.552. The lowest BCUT2D eigenvalue weighted by molar-refractivity contribution is -0.144. The maximum atomic E-state index is 13.4. The molecular weight excluding hydrogens is 460 g/mol. The van der Waals surface area contributed by atoms with Crippen molar-refractivity contribution in [3.63, 3.8) is 0 Å². The molecule has 2 heterocycles. The number of Topliss-reactive ketones (excluding diaryl/α,β-unsaturated/α-hetero) is 1. The molecule has 2 bridgehead atoms. The fourth-order valence-corrected chi connectivity index (χ4v) is 8.03. The van der Waals surface area contributed by atoms with Crippen LogP contribution in [0.3, 0.4) is 0 Å². The Morgan fingerprint density at radius 2 is 2.00 bits per heavy atom. The third-order valence-electron chi connectivity index (χ3n) is 9.58. The number of rotatable bonds is 7. The Labute approximate surface area is 212 Å². The van der Waals surface area contributed by atoms with E-state index in [2.05, 4.69) is 28.4 Å². The molecule has 7 rings (SSSR count). The number of ketones is 1. The van der Waals surface area contributed by atoms with Gasteiger partial charge in [-0.2, -0.15) is 0 Å². The van der Waals surface area contributed by atoms with Crippen molar-refractivity contribution < 1.29 is 14.3 Å². The van der Waals surface area contributed by atoms with Gasteiger partial charge in [-0.3, -0.25) is 9.69 Å². The highest BCUT2D eigenvalue weighted by Crippen LogP contribution is 2.65. The van der Waals surface area contributed by atoms with Crippen LogP contribution in [0, 0.1) is 5.92 Å². The van der Waals surface area contributed by atoms with Gasteiger partial charge in [0.25, 0.3) is 0 Å². The third-order valence-corrected chi connectivity index (χ3v) is 9.84. The number of methoxy groups -OCH3 is 1. The molecule has 2 aromatic carbocycles. The van der Waals surface area contributed by atoms with Crippen LogP contribution in [0.4, 0.5) is 0 Å². The number of benzene rings is 2. The summed E-state index contributed by atoms with van der Waals surface area (Å²) in [6.45, 7) is 3.08. The molecule has 3 aliphatic carbocycles. The zero-order valence-electron chi connectivity index (χ0n) is 20.3. The number of likely N-dealkylation sites (tertiary alicyclic amines) is 1. The Morgan fingerprint density at radius 3 is 2.77 bits per heavy atom. The molecule has 2 aromatic rings. The van der Waals surface area contributed by atoms with E-state index in [0.717, 1.165) is 61.2 Å². The molecule has 4 atom stereocenters. The Balaban J connectivity index is 1.32. The van der Waals surface area contributed by atoms with Crippen LogP contribution in [0.5, 0.6) is 11.5 Å². The summed E-state index contributed by atoms with van der Waals surface area (Å²) in [6.07, 6.45) is 6.61. The maximum absolute atomic E-state index is 13.4. The van der Waals surface area contributed by atoms with Crippen molar-refractivity contribution in [3.05, 3.63) is 58.1 Å². The van der Waals surface area contributed by atoms with Crippen LogP contribution in [0.1, 0.15) is 48.8 Å². The van der Waals surface area contributed by atoms with Gasteiger partial charge in [-0.1, -0.05) is 29.8 Å². The van der Waals surface area contributed by atoms with Crippen molar-refractivity contribution in [2.24, 2.45) is 5.92 Å². The highest BCUT2D eigenvalue weighted by molar-refractivity contribution is 6.30. The van der Waals surface area contributed by atoms with Crippen LogP contribution >= 0.6 is 11.6 Å². The molecule has 5 nitrogen and oxygen atoms in total. The van der Waals surface area contributed by atoms with Crippen molar-refractivity contribution in [1.82, 2.24) is 10.2 Å². The number of carbonyl (C=O) groups excluding carboxylic acids is 1. The molecular formula is C29H33ClN2O3. The Hall–Kier alpha value is -2.08. The van der Waals surface area contributed by atoms with E-state index < -0.39 is 6.10 Å². The Kier molecular flexibility index (Phi) is 5.04. The predicted molar refractivity (Wildman–Crippen MR) is 136 cm³/mol. The Bertz CT molecular complexity index is 1180. The Morgan fingerprint density at radius 1 is 1.17 bits per heavy atom. The van der Waals surface area contributed by atoms with Gasteiger partial charge in [0.1, 0.15) is 0 Å². The lowest BCUT2D eigenvalue weighted by Gasteiger charge is -2.65. The van der Waals surface area contributed by atoms with Crippen molar-refractivity contribution in [1.29, 1.82) is 0 Å². The molecule has 35 heavy (non-hydrogen) atoms. The first-order valence-corrected chi connectivity index (χ1v) is 13.6. The summed E-state index contributed by atoms with van der Waals surface area (Å²) in [7, 11) is 1.70. The molecule has 0 radical (unpaired) electrons. The largest absolute Gasteiger partial charge is 0.493 e. The lowest BCUT2D eigenvalue weighted by atomic mass is 9.47. The molecule has 3 fully saturated rings. The molecule has 2 aliphatic heterocycles. The molecule has 2 saturated carbocycles. The number of halogens is 1. The van der Waals surface area contributed by atoms with Crippen LogP contribution in [0.25, 0.3) is 0 Å². The number of nitrogens with zero attached hydrogens (tertiary/aromatic N) is 1. The molecule has 1 saturated heterocycles. The molecule has 0 amide bonds. The van der Waals surface area contributed by atoms with Crippen LogP contribution in [-0.2, 0) is 23.1 Å². The van der Waals surface area contributed by atoms with Crippen LogP contribution < -0.4 is 14.8 Å². The summed E-state index contributed by atoms with van der Waals surface area (Å²) in [4.78, 5) is 16.2. The van der Waals surface area contributed by atoms with Gasteiger partial charge in [0.05, 0.1) is 12.5 Å². The first kappa shape index (κ1) is 22.1. The number of hydrogen-bond donors (Lipinski definition) is 1. The van der Waals surface area contributed by atoms with Gasteiger partial charge < -0.3 is 14.8 Å². The number of hydrogen-bond acceptors (Lipinski definition) is 5. The van der Waals surface area contributed by atoms with E-state index in [0.29, 0.717) is 12.5 Å². The van der Waals surface area contributed by atoms with E-state index in [1.165, 1.54) is 36.1 Å². The highest BCUT2D eigenvalue weighted by atomic mass is 35.5. The predicted octanol–water partition coefficient (Wildman–Crippen LogP) is 4.32. The monoisotopic (exact) mass is 492 g/mol. The van der Waals surface area contributed by atoms with Crippen molar-refractivity contribution in [2.45, 2.75) is 68.0 Å². The normalized spacial score (nSPS) is 32.8. The van der Waals surface area contributed by atoms with E-state index in [4.69, 9.17) is 21.1 Å². The number of carbonyl (C=O) groups is 1. The SMILES string of the molecule is COc1ccc2c3c1O[C@H]1C(=O)CC[C@@]4(NCCc5ccc(Cl)cc5)[C@@H](C2)N(CC2CC2)CC[C@]314. The average molecular weight is 493 g/mol. The van der Waals surface area contributed by atoms with E-state index >= 15 is 0 Å². The minimum absolute atomic E-state index is 0.185. The van der Waals surface area contributed by atoms with Gasteiger partial charge in [0, 0.05) is 35.1 Å². The summed E-state index contributed by atoms with van der Waals surface area (Å²) in [6, 6.07) is 12.8. The topological polar surface area (TPSA) is 50.8 Å². The number of nitrogens with one attached hydrogen (secondary N) is 1. The van der Waals surface area contributed by atoms with Crippen molar-refractivity contribution in [3.8, 4) is 11.5 Å². The van der Waals surface area contributed by atoms with Crippen LogP contribution in [0.2, 0.25) is 5.02 Å². The van der Waals surface area contributed by atoms with Gasteiger partial charge in [-0.25, -0.2) is 0 Å². The molecule has 6 heteroatoms. The minimum Gasteiger partial charge on any atom is -0.493 e. The summed E-state index contributed by atoms with van der Waals surface area (Å²) >= 11 is 6.11. The second-order valence-electron chi connectivity index (χ2n) is 11.2. The second kappa shape index (κ2) is 7.96. The smallest absolute Gasteiger partial charge is 0.174 e. The zero-order valence-corrected chi connectivity index (χ0v) is 21.1. The first-order chi connectivity index (χ1) is 17.1. The quantitative estimate of drug-likeness (QED) is 0.623. The second-order valence-corrected chi connectivity index (χ2v) is 11.7. The fourth-order valence-electron chi connectivity index (χ4n) is 7.90. The van der Waals surface area contributed by atoms with Gasteiger partial charge in [0.15, 0.2) is 23.4 Å². The van der Waals surface area contributed by atoms with Crippen molar-refractivity contribution >= 4 is 17.4 Å². The van der Waals surface area contributed by atoms with E-state index in [-0.39, 0.29) is 16.7 Å². The lowest BCUT2D eigenvalue weighted by Crippen LogP contribution is -2.81. The molecule has 5 aliphatic rings. The van der Waals surface area contributed by atoms with Crippen LogP contribution in [0.15, 0.2) is 36.4 Å². The summed E-state index contributed by atoms with van der Waals surface area (Å²) in [5.74, 6) is 2.67. The van der Waals surface area contributed by atoms with Gasteiger partial charge >= 0.3 is 0 Å². The van der Waals surface area contributed by atoms with E-state index in [1.807, 2.05) is 18.2 Å². The number of ether oxygens (including phenoxy) is 2. The van der Waals surface area contributed by atoms with Crippen molar-refractivity contribution in [2.75, 3.05) is 26.7 Å². The molecule has 0 unspecified atom stereocenters. The van der Waals surface area contributed by atoms with Gasteiger partial charge in [0.2, 0.25) is 0 Å². The first-order valence-electron chi connectivity index (χ1n) is 13.2. The zero-order chi connectivity index (χ0) is 23.8. The van der Waals surface area contributed by atoms with Gasteiger partial charge in [-0.05, 0) is 86.9 Å². The summed E-state index contributed by atoms with van der Waals surface area (Å²) in [5.41, 5.74) is 3.37. The minimum atomic E-state index is -0.421. The van der Waals surface area contributed by atoms with Gasteiger partial charge in [-0.15, -0.1) is 0 Å². The summed E-state index contributed by atoms with van der Waals surface area (Å²) < 4.78 is 12.3. The van der Waals surface area contributed by atoms with E-state index in [1.54, 1.807) is 7.11 Å². The molecule has 1 N–H and O–H groups in total. The van der Waals surface area contributed by atoms with Crippen LogP contribution in [-0.4, -0.2) is 55.1 Å². The average Bonchev–Trinajstić information content (AvgIpc) is 3.61. The maximum Gasteiger partial charge on any atom is 0.174 e. The highest BCUT2D eigenvalue weighted by Gasteiger charge is 2.73. The molecule has 0 aromatic heterocycles. The molecule has 1 spiro atoms. The number of piperidine rings is 1. The van der Waals surface area contributed by atoms with E-state index in [9.17, 15) is 4.79 Å².